The minimum atomic E-state index is -0.206. The number of aromatic nitrogens is 1. The number of carbonyl (C=O) groups excluding carboxylic acids is 1. The summed E-state index contributed by atoms with van der Waals surface area (Å²) < 4.78 is 0.649. The molecule has 1 aromatic heterocycles. The lowest BCUT2D eigenvalue weighted by Gasteiger charge is -2.09. The first-order valence-electron chi connectivity index (χ1n) is 6.10. The van der Waals surface area contributed by atoms with Crippen molar-refractivity contribution in [2.75, 3.05) is 5.32 Å². The number of carbonyl (C=O) groups is 1. The molecule has 0 radical (unpaired) electrons. The molecule has 1 aromatic carbocycles. The third kappa shape index (κ3) is 3.64. The van der Waals surface area contributed by atoms with Gasteiger partial charge in [0, 0.05) is 5.69 Å². The molecule has 0 aliphatic rings. The maximum atomic E-state index is 12.1. The van der Waals surface area contributed by atoms with E-state index in [1.54, 1.807) is 18.2 Å². The van der Waals surface area contributed by atoms with Gasteiger partial charge in [0.2, 0.25) is 0 Å². The molecule has 0 fully saturated rings. The Hall–Kier alpha value is -1.68. The second-order valence-electron chi connectivity index (χ2n) is 4.58. The van der Waals surface area contributed by atoms with Gasteiger partial charge in [0.15, 0.2) is 0 Å². The number of benzene rings is 1. The molecule has 0 bridgehead atoms. The van der Waals surface area contributed by atoms with Gasteiger partial charge in [0.05, 0.1) is 0 Å². The second kappa shape index (κ2) is 5.97. The van der Waals surface area contributed by atoms with Crippen LogP contribution in [0.5, 0.6) is 0 Å². The predicted molar refractivity (Wildman–Crippen MR) is 80.4 cm³/mol. The molecule has 2 aromatic rings. The van der Waals surface area contributed by atoms with Crippen LogP contribution < -0.4 is 5.32 Å². The van der Waals surface area contributed by atoms with E-state index < -0.39 is 0 Å². The van der Waals surface area contributed by atoms with Crippen LogP contribution in [0.3, 0.4) is 0 Å². The topological polar surface area (TPSA) is 42.0 Å². The Morgan fingerprint density at radius 2 is 1.95 bits per heavy atom. The summed E-state index contributed by atoms with van der Waals surface area (Å²) in [4.78, 5) is 16.2. The van der Waals surface area contributed by atoms with Crippen LogP contribution in [0.1, 0.15) is 35.8 Å². The first-order chi connectivity index (χ1) is 9.06. The number of halogens is 1. The van der Waals surface area contributed by atoms with Gasteiger partial charge in [-0.25, -0.2) is 4.98 Å². The minimum absolute atomic E-state index is 0.206. The van der Waals surface area contributed by atoms with E-state index in [4.69, 9.17) is 0 Å². The van der Waals surface area contributed by atoms with Gasteiger partial charge in [-0.2, -0.15) is 0 Å². The summed E-state index contributed by atoms with van der Waals surface area (Å²) in [6, 6.07) is 13.1. The second-order valence-corrected chi connectivity index (χ2v) is 5.39. The van der Waals surface area contributed by atoms with Crippen LogP contribution in [0.15, 0.2) is 47.1 Å². The Kier molecular flexibility index (Phi) is 4.32. The highest BCUT2D eigenvalue weighted by Crippen LogP contribution is 2.19. The fourth-order valence-corrected chi connectivity index (χ4v) is 2.05. The first kappa shape index (κ1) is 13.7. The minimum Gasteiger partial charge on any atom is -0.321 e. The lowest BCUT2D eigenvalue weighted by atomic mass is 10.0. The number of nitrogens with one attached hydrogen (secondary N) is 1. The molecule has 1 N–H and O–H groups in total. The number of anilines is 1. The van der Waals surface area contributed by atoms with Crippen molar-refractivity contribution in [3.8, 4) is 0 Å². The number of pyridine rings is 1. The third-order valence-corrected chi connectivity index (χ3v) is 3.20. The normalized spacial score (nSPS) is 10.5. The fourth-order valence-electron chi connectivity index (χ4n) is 1.71. The Balaban J connectivity index is 2.17. The molecule has 1 heterocycles. The average molecular weight is 319 g/mol. The number of hydrogen-bond donors (Lipinski definition) is 1. The monoisotopic (exact) mass is 318 g/mol. The molecule has 19 heavy (non-hydrogen) atoms. The van der Waals surface area contributed by atoms with E-state index in [0.717, 1.165) is 5.69 Å². The highest BCUT2D eigenvalue weighted by molar-refractivity contribution is 9.10. The van der Waals surface area contributed by atoms with Gasteiger partial charge in [-0.05, 0) is 51.7 Å². The van der Waals surface area contributed by atoms with E-state index in [2.05, 4.69) is 46.1 Å². The quantitative estimate of drug-likeness (QED) is 0.861. The highest BCUT2D eigenvalue weighted by Gasteiger charge is 2.08. The van der Waals surface area contributed by atoms with Crippen molar-refractivity contribution in [3.63, 3.8) is 0 Å². The van der Waals surface area contributed by atoms with E-state index in [1.165, 1.54) is 5.56 Å². The van der Waals surface area contributed by atoms with E-state index in [1.807, 2.05) is 18.2 Å². The molecule has 0 unspecified atom stereocenters. The summed E-state index contributed by atoms with van der Waals surface area (Å²) in [5.74, 6) is 0.225. The number of nitrogens with zero attached hydrogens (tertiary/aromatic N) is 1. The molecule has 98 valence electrons. The van der Waals surface area contributed by atoms with Crippen molar-refractivity contribution in [1.29, 1.82) is 0 Å². The van der Waals surface area contributed by atoms with E-state index in [-0.39, 0.29) is 5.91 Å². The Morgan fingerprint density at radius 1 is 1.21 bits per heavy atom. The summed E-state index contributed by atoms with van der Waals surface area (Å²) in [6.07, 6.45) is 0. The van der Waals surface area contributed by atoms with E-state index in [0.29, 0.717) is 16.2 Å². The van der Waals surface area contributed by atoms with E-state index >= 15 is 0 Å². The third-order valence-electron chi connectivity index (χ3n) is 2.76. The van der Waals surface area contributed by atoms with Gasteiger partial charge in [-0.3, -0.25) is 4.79 Å². The van der Waals surface area contributed by atoms with Crippen molar-refractivity contribution in [1.82, 2.24) is 4.98 Å². The van der Waals surface area contributed by atoms with Crippen molar-refractivity contribution in [2.45, 2.75) is 19.8 Å². The molecule has 4 heteroatoms. The van der Waals surface area contributed by atoms with Crippen LogP contribution in [-0.4, -0.2) is 10.9 Å². The van der Waals surface area contributed by atoms with E-state index in [9.17, 15) is 4.79 Å². The number of rotatable bonds is 3. The zero-order valence-corrected chi connectivity index (χ0v) is 12.4. The van der Waals surface area contributed by atoms with Crippen LogP contribution in [0.2, 0.25) is 0 Å². The Morgan fingerprint density at radius 3 is 2.63 bits per heavy atom. The van der Waals surface area contributed by atoms with Gasteiger partial charge in [-0.15, -0.1) is 0 Å². The summed E-state index contributed by atoms with van der Waals surface area (Å²) in [6.45, 7) is 4.24. The summed E-state index contributed by atoms with van der Waals surface area (Å²) in [7, 11) is 0. The predicted octanol–water partition coefficient (Wildman–Crippen LogP) is 4.22. The van der Waals surface area contributed by atoms with Crippen molar-refractivity contribution >= 4 is 27.5 Å². The summed E-state index contributed by atoms with van der Waals surface area (Å²) >= 11 is 3.26. The Bertz CT molecular complexity index is 596. The zero-order valence-electron chi connectivity index (χ0n) is 10.9. The standard InChI is InChI=1S/C15H15BrN2O/c1-10(2)11-5-3-6-12(9-11)17-15(19)13-7-4-8-14(16)18-13/h3-10H,1-2H3,(H,17,19). The zero-order chi connectivity index (χ0) is 13.8. The molecule has 0 atom stereocenters. The van der Waals surface area contributed by atoms with Gasteiger partial charge in [0.25, 0.3) is 5.91 Å². The summed E-state index contributed by atoms with van der Waals surface area (Å²) in [5.41, 5.74) is 2.38. The molecule has 1 amide bonds. The van der Waals surface area contributed by atoms with Gasteiger partial charge >= 0.3 is 0 Å². The molecular weight excluding hydrogens is 304 g/mol. The number of hydrogen-bond acceptors (Lipinski definition) is 2. The Labute approximate surface area is 121 Å². The average Bonchev–Trinajstić information content (AvgIpc) is 2.39. The lowest BCUT2D eigenvalue weighted by molar-refractivity contribution is 0.102. The molecule has 0 saturated carbocycles. The lowest BCUT2D eigenvalue weighted by Crippen LogP contribution is -2.13. The molecule has 3 nitrogen and oxygen atoms in total. The van der Waals surface area contributed by atoms with Crippen LogP contribution in [0.25, 0.3) is 0 Å². The fraction of sp³-hybridized carbons (Fsp3) is 0.200. The van der Waals surface area contributed by atoms with Crippen molar-refractivity contribution in [3.05, 3.63) is 58.3 Å². The van der Waals surface area contributed by atoms with Crippen molar-refractivity contribution in [2.24, 2.45) is 0 Å². The SMILES string of the molecule is CC(C)c1cccc(NC(=O)c2cccc(Br)n2)c1. The molecule has 0 aliphatic heterocycles. The number of amides is 1. The molecular formula is C15H15BrN2O. The molecule has 0 saturated heterocycles. The van der Waals surface area contributed by atoms with Crippen molar-refractivity contribution < 1.29 is 4.79 Å². The van der Waals surface area contributed by atoms with Gasteiger partial charge < -0.3 is 5.32 Å². The maximum Gasteiger partial charge on any atom is 0.274 e. The maximum absolute atomic E-state index is 12.1. The van der Waals surface area contributed by atoms with Gasteiger partial charge in [-0.1, -0.05) is 32.0 Å². The molecule has 0 spiro atoms. The van der Waals surface area contributed by atoms with Crippen LogP contribution in [-0.2, 0) is 0 Å². The molecule has 0 aliphatic carbocycles. The smallest absolute Gasteiger partial charge is 0.274 e. The van der Waals surface area contributed by atoms with Gasteiger partial charge in [0.1, 0.15) is 10.3 Å². The van der Waals surface area contributed by atoms with Crippen LogP contribution >= 0.6 is 15.9 Å². The highest BCUT2D eigenvalue weighted by atomic mass is 79.9. The van der Waals surface area contributed by atoms with Crippen LogP contribution in [0, 0.1) is 0 Å². The largest absolute Gasteiger partial charge is 0.321 e. The van der Waals surface area contributed by atoms with Crippen LogP contribution in [0.4, 0.5) is 5.69 Å². The molecule has 2 rings (SSSR count). The summed E-state index contributed by atoms with van der Waals surface area (Å²) in [5, 5.41) is 2.86. The first-order valence-corrected chi connectivity index (χ1v) is 6.89.